The van der Waals surface area contributed by atoms with Gasteiger partial charge in [-0.25, -0.2) is 0 Å². The van der Waals surface area contributed by atoms with E-state index in [4.69, 9.17) is 5.11 Å². The Balaban J connectivity index is 0.000000873. The van der Waals surface area contributed by atoms with Crippen molar-refractivity contribution >= 4 is 46.5 Å². The molecule has 4 atom stereocenters. The van der Waals surface area contributed by atoms with Crippen LogP contribution in [0, 0.1) is 0 Å². The summed E-state index contributed by atoms with van der Waals surface area (Å²) >= 11 is 1.97. The summed E-state index contributed by atoms with van der Waals surface area (Å²) in [5.74, 6) is 0.961. The van der Waals surface area contributed by atoms with Crippen molar-refractivity contribution in [2.45, 2.75) is 154 Å². The van der Waals surface area contributed by atoms with Crippen molar-refractivity contribution in [2.24, 2.45) is 0 Å². The summed E-state index contributed by atoms with van der Waals surface area (Å²) < 4.78 is 0. The summed E-state index contributed by atoms with van der Waals surface area (Å²) in [5, 5.41) is 36.7. The lowest BCUT2D eigenvalue weighted by Gasteiger charge is -2.37. The van der Waals surface area contributed by atoms with Gasteiger partial charge in [0.2, 0.25) is 17.7 Å². The molecule has 4 rings (SSSR count). The largest absolute Gasteiger partial charge is 0.394 e. The second-order valence-corrected chi connectivity index (χ2v) is 17.0. The van der Waals surface area contributed by atoms with Gasteiger partial charge < -0.3 is 36.2 Å². The predicted molar refractivity (Wildman–Crippen MR) is 259 cm³/mol. The first-order valence-corrected chi connectivity index (χ1v) is 24.2. The number of aliphatic hydroxyl groups excluding tert-OH is 3. The number of hydrogen-bond acceptors (Lipinski definition) is 9. The number of aliphatic hydroxyl groups is 3. The van der Waals surface area contributed by atoms with Crippen LogP contribution in [0.2, 0.25) is 0 Å². The van der Waals surface area contributed by atoms with Crippen molar-refractivity contribution in [3.8, 4) is 0 Å². The number of nitrogens with zero attached hydrogens (tertiary/aromatic N) is 2. The first kappa shape index (κ1) is 54.2. The fraction of sp³-hybridized carbons (Fsp3) is 0.580. The minimum atomic E-state index is -0.999. The Morgan fingerprint density at radius 1 is 0.774 bits per heavy atom. The van der Waals surface area contributed by atoms with Gasteiger partial charge in [-0.1, -0.05) is 103 Å². The average Bonchev–Trinajstić information content (AvgIpc) is 3.42. The van der Waals surface area contributed by atoms with Gasteiger partial charge in [0.1, 0.15) is 0 Å². The molecule has 12 heteroatoms. The van der Waals surface area contributed by atoms with Gasteiger partial charge in [0.15, 0.2) is 0 Å². The maximum absolute atomic E-state index is 12.9. The van der Waals surface area contributed by atoms with Gasteiger partial charge in [0, 0.05) is 73.7 Å². The van der Waals surface area contributed by atoms with Crippen molar-refractivity contribution in [3.63, 3.8) is 0 Å². The Morgan fingerprint density at radius 2 is 1.42 bits per heavy atom. The molecule has 0 aliphatic carbocycles. The molecule has 0 bridgehead atoms. The van der Waals surface area contributed by atoms with Crippen molar-refractivity contribution in [1.82, 2.24) is 10.2 Å². The van der Waals surface area contributed by atoms with E-state index in [1.165, 1.54) is 21.7 Å². The second-order valence-electron chi connectivity index (χ2n) is 15.9. The number of para-hydroxylation sites is 1. The van der Waals surface area contributed by atoms with Crippen LogP contribution in [0.15, 0.2) is 77.7 Å². The number of nitrogens with one attached hydrogen (secondary N) is 3. The zero-order valence-electron chi connectivity index (χ0n) is 38.8. The van der Waals surface area contributed by atoms with Crippen LogP contribution < -0.4 is 20.9 Å². The van der Waals surface area contributed by atoms with Gasteiger partial charge in [0.05, 0.1) is 31.3 Å². The van der Waals surface area contributed by atoms with E-state index < -0.39 is 18.8 Å². The maximum Gasteiger partial charge on any atom is 0.224 e. The monoisotopic (exact) mass is 878 g/mol. The number of rotatable bonds is 24. The predicted octanol–water partition coefficient (Wildman–Crippen LogP) is 9.56. The standard InChI is InChI=1S/C39H62N4O5S.C9H11NO.C2H6/c1-5-22-43-31(6-2)28-49-36-20-19-32(42(3)4)24-35(36)39(43)29-16-15-17-30(23-29)41-37(47)18-13-11-9-7-8-10-12-14-21-40-38(48)26-33(45)25-34(46)27-44;1-2-9(11)10-8-6-4-3-5-7-8;1-2/h15-17,19-20,23-24,31,33-34,39,44-46H,5-14,18,21-22,25-28H2,1-4H3,(H,40,48)(H,41,47);3-7H,2H2,1H3,(H,10,11);1-2H3/t31-,33?,34?,39?;;/m1../s1. The Labute approximate surface area is 377 Å². The molecule has 0 spiro atoms. The van der Waals surface area contributed by atoms with E-state index in [0.29, 0.717) is 25.4 Å². The van der Waals surface area contributed by atoms with Crippen LogP contribution in [-0.4, -0.2) is 95.7 Å². The number of hydrogen-bond donors (Lipinski definition) is 6. The minimum Gasteiger partial charge on any atom is -0.394 e. The minimum absolute atomic E-state index is 0.00592. The number of carbonyl (C=O) groups excluding carboxylic acids is 3. The van der Waals surface area contributed by atoms with Crippen molar-refractivity contribution in [1.29, 1.82) is 0 Å². The highest BCUT2D eigenvalue weighted by atomic mass is 32.2. The number of anilines is 3. The van der Waals surface area contributed by atoms with E-state index in [2.05, 4.69) is 90.1 Å². The van der Waals surface area contributed by atoms with Gasteiger partial charge in [0.25, 0.3) is 0 Å². The molecule has 0 aromatic heterocycles. The van der Waals surface area contributed by atoms with Crippen LogP contribution in [0.5, 0.6) is 0 Å². The molecule has 0 fully saturated rings. The fourth-order valence-corrected chi connectivity index (χ4v) is 8.66. The number of amides is 3. The van der Waals surface area contributed by atoms with Crippen LogP contribution in [0.4, 0.5) is 17.1 Å². The third-order valence-electron chi connectivity index (χ3n) is 10.7. The third-order valence-corrected chi connectivity index (χ3v) is 11.9. The molecule has 11 nitrogen and oxygen atoms in total. The van der Waals surface area contributed by atoms with Crippen LogP contribution in [0.3, 0.4) is 0 Å². The lowest BCUT2D eigenvalue weighted by molar-refractivity contribution is -0.123. The zero-order chi connectivity index (χ0) is 45.7. The van der Waals surface area contributed by atoms with Crippen LogP contribution in [0.1, 0.15) is 142 Å². The Hall–Kier alpha value is -3.94. The lowest BCUT2D eigenvalue weighted by atomic mass is 9.94. The number of fused-ring (bicyclic) bond motifs is 1. The highest BCUT2D eigenvalue weighted by molar-refractivity contribution is 7.99. The molecular formula is C50H79N5O6S. The van der Waals surface area contributed by atoms with E-state index in [1.54, 1.807) is 0 Å². The van der Waals surface area contributed by atoms with Gasteiger partial charge in [-0.3, -0.25) is 19.3 Å². The smallest absolute Gasteiger partial charge is 0.224 e. The molecule has 62 heavy (non-hydrogen) atoms. The molecule has 0 saturated carbocycles. The summed E-state index contributed by atoms with van der Waals surface area (Å²) in [6, 6.07) is 25.4. The second kappa shape index (κ2) is 31.8. The van der Waals surface area contributed by atoms with E-state index in [-0.39, 0.29) is 36.6 Å². The molecule has 3 unspecified atom stereocenters. The van der Waals surface area contributed by atoms with E-state index >= 15 is 0 Å². The van der Waals surface area contributed by atoms with E-state index in [1.807, 2.05) is 68.9 Å². The van der Waals surface area contributed by atoms with E-state index in [0.717, 1.165) is 87.9 Å². The van der Waals surface area contributed by atoms with Crippen molar-refractivity contribution < 1.29 is 29.7 Å². The molecule has 346 valence electrons. The first-order chi connectivity index (χ1) is 30.0. The summed E-state index contributed by atoms with van der Waals surface area (Å²) in [7, 11) is 4.19. The molecule has 3 aromatic carbocycles. The SMILES string of the molecule is CC.CCC(=O)Nc1ccccc1.CCCN1C(c2cccc(NC(=O)CCCCCCCCCCNC(=O)CC(O)CC(O)CO)c2)c2cc(N(C)C)ccc2SC[C@H]1CC. The Kier molecular flexibility index (Phi) is 27.8. The molecule has 6 N–H and O–H groups in total. The average molecular weight is 878 g/mol. The molecule has 3 aromatic rings. The topological polar surface area (TPSA) is 154 Å². The van der Waals surface area contributed by atoms with Crippen molar-refractivity contribution in [3.05, 3.63) is 83.9 Å². The van der Waals surface area contributed by atoms with Gasteiger partial charge >= 0.3 is 0 Å². The molecule has 1 heterocycles. The van der Waals surface area contributed by atoms with Gasteiger partial charge in [-0.15, -0.1) is 11.8 Å². The van der Waals surface area contributed by atoms with Gasteiger partial charge in [-0.2, -0.15) is 0 Å². The maximum atomic E-state index is 12.9. The fourth-order valence-electron chi connectivity index (χ4n) is 7.36. The normalized spacial score (nSPS) is 15.6. The highest BCUT2D eigenvalue weighted by Crippen LogP contribution is 2.43. The summed E-state index contributed by atoms with van der Waals surface area (Å²) in [5.41, 5.74) is 5.50. The Bertz CT molecular complexity index is 1700. The molecule has 3 amide bonds. The summed E-state index contributed by atoms with van der Waals surface area (Å²) in [4.78, 5) is 41.9. The van der Waals surface area contributed by atoms with Crippen LogP contribution in [-0.2, 0) is 14.4 Å². The molecule has 0 radical (unpaired) electrons. The number of benzene rings is 3. The lowest BCUT2D eigenvalue weighted by Crippen LogP contribution is -2.39. The molecule has 1 aliphatic rings. The zero-order valence-corrected chi connectivity index (χ0v) is 39.7. The van der Waals surface area contributed by atoms with Crippen LogP contribution in [0.25, 0.3) is 0 Å². The summed E-state index contributed by atoms with van der Waals surface area (Å²) in [6.45, 7) is 11.6. The number of unbranched alkanes of at least 4 members (excludes halogenated alkanes) is 7. The number of thioether (sulfide) groups is 1. The van der Waals surface area contributed by atoms with Crippen molar-refractivity contribution in [2.75, 3.05) is 55.1 Å². The highest BCUT2D eigenvalue weighted by Gasteiger charge is 2.33. The molecular weight excluding hydrogens is 799 g/mol. The molecule has 0 saturated heterocycles. The van der Waals surface area contributed by atoms with Gasteiger partial charge in [-0.05, 0) is 85.8 Å². The number of carbonyl (C=O) groups is 3. The third kappa shape index (κ3) is 20.5. The summed E-state index contributed by atoms with van der Waals surface area (Å²) in [6.07, 6.45) is 9.53. The first-order valence-electron chi connectivity index (χ1n) is 23.2. The van der Waals surface area contributed by atoms with E-state index in [9.17, 15) is 24.6 Å². The molecule has 1 aliphatic heterocycles. The van der Waals surface area contributed by atoms with Crippen LogP contribution >= 0.6 is 11.8 Å². The quantitative estimate of drug-likeness (QED) is 0.0483. The Morgan fingerprint density at radius 3 is 2.05 bits per heavy atom.